The Kier molecular flexibility index (Phi) is 3.47. The van der Waals surface area contributed by atoms with Crippen molar-refractivity contribution >= 4 is 22.6 Å². The molecule has 2 heterocycles. The fraction of sp³-hybridized carbons (Fsp3) is 0.200. The summed E-state index contributed by atoms with van der Waals surface area (Å²) in [6, 6.07) is 12.2. The molecular weight excluding hydrogens is 258 g/mol. The van der Waals surface area contributed by atoms with Crippen molar-refractivity contribution in [1.29, 1.82) is 0 Å². The van der Waals surface area contributed by atoms with Gasteiger partial charge in [0.25, 0.3) is 0 Å². The molecule has 3 rings (SSSR count). The van der Waals surface area contributed by atoms with E-state index in [-0.39, 0.29) is 0 Å². The van der Waals surface area contributed by atoms with Gasteiger partial charge in [0.1, 0.15) is 5.82 Å². The first-order valence-electron chi connectivity index (χ1n) is 6.27. The van der Waals surface area contributed by atoms with Gasteiger partial charge in [-0.15, -0.1) is 11.6 Å². The van der Waals surface area contributed by atoms with Gasteiger partial charge in [-0.05, 0) is 36.2 Å². The van der Waals surface area contributed by atoms with Gasteiger partial charge in [0, 0.05) is 18.9 Å². The minimum Gasteiger partial charge on any atom is -0.327 e. The van der Waals surface area contributed by atoms with Gasteiger partial charge in [0.15, 0.2) is 0 Å². The summed E-state index contributed by atoms with van der Waals surface area (Å²) in [5.41, 5.74) is 3.42. The van der Waals surface area contributed by atoms with Crippen LogP contribution in [0.3, 0.4) is 0 Å². The van der Waals surface area contributed by atoms with E-state index < -0.39 is 0 Å². The summed E-state index contributed by atoms with van der Waals surface area (Å²) in [5, 5.41) is 0. The van der Waals surface area contributed by atoms with Crippen molar-refractivity contribution in [2.75, 3.05) is 0 Å². The van der Waals surface area contributed by atoms with Crippen LogP contribution in [-0.4, -0.2) is 14.5 Å². The largest absolute Gasteiger partial charge is 0.327 e. The number of rotatable bonds is 4. The topological polar surface area (TPSA) is 30.7 Å². The molecule has 2 aromatic heterocycles. The highest BCUT2D eigenvalue weighted by molar-refractivity contribution is 6.16. The quantitative estimate of drug-likeness (QED) is 0.681. The Bertz CT molecular complexity index is 676. The lowest BCUT2D eigenvalue weighted by Gasteiger charge is -2.07. The molecule has 0 unspecified atom stereocenters. The molecule has 1 aromatic carbocycles. The third kappa shape index (κ3) is 2.47. The number of hydrogen-bond acceptors (Lipinski definition) is 2. The highest BCUT2D eigenvalue weighted by atomic mass is 35.5. The lowest BCUT2D eigenvalue weighted by molar-refractivity contribution is 0.687. The van der Waals surface area contributed by atoms with Crippen LogP contribution in [0.4, 0.5) is 0 Å². The molecule has 0 saturated heterocycles. The first-order valence-corrected chi connectivity index (χ1v) is 6.81. The maximum atomic E-state index is 5.99. The number of fused-ring (bicyclic) bond motifs is 1. The zero-order valence-corrected chi connectivity index (χ0v) is 11.2. The molecule has 0 spiro atoms. The number of nitrogens with zero attached hydrogens (tertiary/aromatic N) is 3. The Hall–Kier alpha value is -1.87. The second kappa shape index (κ2) is 5.41. The van der Waals surface area contributed by atoms with Crippen LogP contribution in [-0.2, 0) is 18.8 Å². The van der Waals surface area contributed by atoms with Gasteiger partial charge in [-0.25, -0.2) is 4.98 Å². The predicted molar refractivity (Wildman–Crippen MR) is 77.2 cm³/mol. The maximum Gasteiger partial charge on any atom is 0.124 e. The summed E-state index contributed by atoms with van der Waals surface area (Å²) < 4.78 is 2.20. The monoisotopic (exact) mass is 271 g/mol. The molecule has 3 nitrogen and oxygen atoms in total. The third-order valence-electron chi connectivity index (χ3n) is 3.23. The zero-order valence-electron chi connectivity index (χ0n) is 10.5. The van der Waals surface area contributed by atoms with Crippen LogP contribution in [0.25, 0.3) is 11.0 Å². The van der Waals surface area contributed by atoms with Crippen LogP contribution in [0.5, 0.6) is 0 Å². The van der Waals surface area contributed by atoms with E-state index in [0.29, 0.717) is 5.88 Å². The van der Waals surface area contributed by atoms with E-state index in [4.69, 9.17) is 11.6 Å². The van der Waals surface area contributed by atoms with Crippen molar-refractivity contribution in [3.63, 3.8) is 0 Å². The van der Waals surface area contributed by atoms with Gasteiger partial charge >= 0.3 is 0 Å². The minimum atomic E-state index is 0.436. The van der Waals surface area contributed by atoms with Crippen LogP contribution in [0.15, 0.2) is 48.8 Å². The second-order valence-electron chi connectivity index (χ2n) is 4.41. The third-order valence-corrected chi connectivity index (χ3v) is 3.47. The van der Waals surface area contributed by atoms with Gasteiger partial charge < -0.3 is 4.57 Å². The maximum absolute atomic E-state index is 5.99. The molecule has 96 valence electrons. The minimum absolute atomic E-state index is 0.436. The standard InChI is InChI=1S/C15H14ClN3/c16-11-15-18-13-3-1-2-4-14(13)19(15)10-7-12-5-8-17-9-6-12/h1-6,8-9H,7,10-11H2. The summed E-state index contributed by atoms with van der Waals surface area (Å²) >= 11 is 5.99. The summed E-state index contributed by atoms with van der Waals surface area (Å²) in [5.74, 6) is 1.36. The molecule has 0 amide bonds. The summed E-state index contributed by atoms with van der Waals surface area (Å²) in [6.45, 7) is 0.882. The molecule has 0 radical (unpaired) electrons. The molecule has 0 atom stereocenters. The Morgan fingerprint density at radius 3 is 2.63 bits per heavy atom. The Morgan fingerprint density at radius 2 is 1.84 bits per heavy atom. The molecule has 0 saturated carbocycles. The Balaban J connectivity index is 1.91. The van der Waals surface area contributed by atoms with E-state index in [1.54, 1.807) is 0 Å². The fourth-order valence-electron chi connectivity index (χ4n) is 2.27. The SMILES string of the molecule is ClCc1nc2ccccc2n1CCc1ccncc1. The van der Waals surface area contributed by atoms with E-state index in [2.05, 4.69) is 20.6 Å². The van der Waals surface area contributed by atoms with Crippen LogP contribution in [0.1, 0.15) is 11.4 Å². The van der Waals surface area contributed by atoms with Gasteiger partial charge in [-0.3, -0.25) is 4.98 Å². The summed E-state index contributed by atoms with van der Waals surface area (Å²) in [6.07, 6.45) is 4.60. The number of alkyl halides is 1. The summed E-state index contributed by atoms with van der Waals surface area (Å²) in [7, 11) is 0. The van der Waals surface area contributed by atoms with E-state index in [1.165, 1.54) is 5.56 Å². The molecule has 0 bridgehead atoms. The molecular formula is C15H14ClN3. The molecule has 0 N–H and O–H groups in total. The van der Waals surface area contributed by atoms with Gasteiger partial charge in [0.05, 0.1) is 16.9 Å². The molecule has 0 fully saturated rings. The zero-order chi connectivity index (χ0) is 13.1. The molecule has 3 aromatic rings. The highest BCUT2D eigenvalue weighted by Crippen LogP contribution is 2.18. The van der Waals surface area contributed by atoms with E-state index in [0.717, 1.165) is 29.8 Å². The fourth-order valence-corrected chi connectivity index (χ4v) is 2.47. The van der Waals surface area contributed by atoms with Crippen LogP contribution in [0.2, 0.25) is 0 Å². The van der Waals surface area contributed by atoms with Gasteiger partial charge in [-0.1, -0.05) is 12.1 Å². The van der Waals surface area contributed by atoms with Gasteiger partial charge in [0.2, 0.25) is 0 Å². The van der Waals surface area contributed by atoms with Crippen molar-refractivity contribution in [2.24, 2.45) is 0 Å². The lowest BCUT2D eigenvalue weighted by atomic mass is 10.2. The number of pyridine rings is 1. The van der Waals surface area contributed by atoms with Crippen LogP contribution < -0.4 is 0 Å². The average molecular weight is 272 g/mol. The number of aryl methyl sites for hydroxylation is 2. The smallest absolute Gasteiger partial charge is 0.124 e. The van der Waals surface area contributed by atoms with Crippen LogP contribution in [0, 0.1) is 0 Å². The molecule has 4 heteroatoms. The number of imidazole rings is 1. The normalized spacial score (nSPS) is 11.0. The number of aromatic nitrogens is 3. The number of benzene rings is 1. The predicted octanol–water partition coefficient (Wildman–Crippen LogP) is 3.41. The second-order valence-corrected chi connectivity index (χ2v) is 4.67. The van der Waals surface area contributed by atoms with E-state index in [1.807, 2.05) is 42.7 Å². The molecule has 19 heavy (non-hydrogen) atoms. The first-order chi connectivity index (χ1) is 9.38. The Morgan fingerprint density at radius 1 is 1.05 bits per heavy atom. The van der Waals surface area contributed by atoms with Gasteiger partial charge in [-0.2, -0.15) is 0 Å². The van der Waals surface area contributed by atoms with Crippen molar-refractivity contribution in [3.8, 4) is 0 Å². The highest BCUT2D eigenvalue weighted by Gasteiger charge is 2.08. The number of hydrogen-bond donors (Lipinski definition) is 0. The number of halogens is 1. The van der Waals surface area contributed by atoms with Crippen molar-refractivity contribution in [3.05, 3.63) is 60.2 Å². The van der Waals surface area contributed by atoms with E-state index >= 15 is 0 Å². The van der Waals surface area contributed by atoms with Crippen molar-refractivity contribution < 1.29 is 0 Å². The molecule has 0 aliphatic carbocycles. The van der Waals surface area contributed by atoms with E-state index in [9.17, 15) is 0 Å². The van der Waals surface area contributed by atoms with Crippen molar-refractivity contribution in [2.45, 2.75) is 18.8 Å². The first kappa shape index (κ1) is 12.2. The van der Waals surface area contributed by atoms with Crippen molar-refractivity contribution in [1.82, 2.24) is 14.5 Å². The molecule has 0 aliphatic rings. The molecule has 0 aliphatic heterocycles. The Labute approximate surface area is 116 Å². The average Bonchev–Trinajstić information content (AvgIpc) is 2.84. The summed E-state index contributed by atoms with van der Waals surface area (Å²) in [4.78, 5) is 8.60. The number of para-hydroxylation sites is 2. The lowest BCUT2D eigenvalue weighted by Crippen LogP contribution is -2.05. The van der Waals surface area contributed by atoms with Crippen LogP contribution >= 0.6 is 11.6 Å².